The molecule has 0 aliphatic heterocycles. The third-order valence-corrected chi connectivity index (χ3v) is 2.93. The molecule has 0 fully saturated rings. The van der Waals surface area contributed by atoms with Crippen LogP contribution in [0, 0.1) is 5.92 Å². The maximum Gasteiger partial charge on any atom is 0.238 e. The molecule has 0 radical (unpaired) electrons. The first-order chi connectivity index (χ1) is 10.0. The molecule has 5 nitrogen and oxygen atoms in total. The molecule has 1 aromatic rings. The summed E-state index contributed by atoms with van der Waals surface area (Å²) in [6.07, 6.45) is 2.16. The number of anilines is 2. The Morgan fingerprint density at radius 2 is 1.81 bits per heavy atom. The summed E-state index contributed by atoms with van der Waals surface area (Å²) in [5.74, 6) is -0.204. The molecule has 3 N–H and O–H groups in total. The van der Waals surface area contributed by atoms with Gasteiger partial charge in [-0.3, -0.25) is 9.59 Å². The van der Waals surface area contributed by atoms with Gasteiger partial charge in [0.05, 0.1) is 6.54 Å². The molecule has 2 amide bonds. The van der Waals surface area contributed by atoms with E-state index in [-0.39, 0.29) is 17.7 Å². The molecule has 0 saturated heterocycles. The standard InChI is InChI=1S/C16H25N3O2/c1-4-5-9-17-11-15(20)18-13-7-6-8-14(10-13)19-16(21)12(2)3/h6-8,10,12,17H,4-5,9,11H2,1-3H3,(H,18,20)(H,19,21). The van der Waals surface area contributed by atoms with Gasteiger partial charge >= 0.3 is 0 Å². The fourth-order valence-corrected chi connectivity index (χ4v) is 1.67. The van der Waals surface area contributed by atoms with Gasteiger partial charge in [-0.15, -0.1) is 0 Å². The van der Waals surface area contributed by atoms with E-state index < -0.39 is 0 Å². The van der Waals surface area contributed by atoms with Gasteiger partial charge in [-0.2, -0.15) is 0 Å². The highest BCUT2D eigenvalue weighted by Gasteiger charge is 2.08. The fraction of sp³-hybridized carbons (Fsp3) is 0.500. The lowest BCUT2D eigenvalue weighted by Crippen LogP contribution is -2.28. The molecule has 0 aliphatic carbocycles. The van der Waals surface area contributed by atoms with Crippen molar-refractivity contribution in [3.8, 4) is 0 Å². The van der Waals surface area contributed by atoms with Crippen LogP contribution in [0.3, 0.4) is 0 Å². The number of carbonyl (C=O) groups excluding carboxylic acids is 2. The van der Waals surface area contributed by atoms with Crippen LogP contribution in [0.1, 0.15) is 33.6 Å². The maximum atomic E-state index is 11.8. The second-order valence-corrected chi connectivity index (χ2v) is 5.30. The van der Waals surface area contributed by atoms with Gasteiger partial charge < -0.3 is 16.0 Å². The minimum absolute atomic E-state index is 0.0419. The molecule has 1 rings (SSSR count). The molecule has 5 heteroatoms. The second kappa shape index (κ2) is 9.13. The lowest BCUT2D eigenvalue weighted by Gasteiger charge is -2.10. The Hall–Kier alpha value is -1.88. The highest BCUT2D eigenvalue weighted by molar-refractivity contribution is 5.95. The molecule has 0 atom stereocenters. The normalized spacial score (nSPS) is 10.5. The average Bonchev–Trinajstić information content (AvgIpc) is 2.44. The van der Waals surface area contributed by atoms with E-state index in [0.29, 0.717) is 17.9 Å². The smallest absolute Gasteiger partial charge is 0.238 e. The van der Waals surface area contributed by atoms with Crippen LogP contribution in [-0.2, 0) is 9.59 Å². The molecular weight excluding hydrogens is 266 g/mol. The van der Waals surface area contributed by atoms with Crippen LogP contribution in [0.5, 0.6) is 0 Å². The van der Waals surface area contributed by atoms with Gasteiger partial charge in [-0.25, -0.2) is 0 Å². The van der Waals surface area contributed by atoms with Gasteiger partial charge in [-0.1, -0.05) is 33.3 Å². The molecule has 0 aromatic heterocycles. The van der Waals surface area contributed by atoms with E-state index in [1.54, 1.807) is 24.3 Å². The van der Waals surface area contributed by atoms with Crippen LogP contribution >= 0.6 is 0 Å². The minimum atomic E-state index is -0.0848. The molecule has 0 unspecified atom stereocenters. The van der Waals surface area contributed by atoms with Crippen LogP contribution in [0.2, 0.25) is 0 Å². The van der Waals surface area contributed by atoms with Gasteiger partial charge in [0.15, 0.2) is 0 Å². The Balaban J connectivity index is 2.48. The van der Waals surface area contributed by atoms with Gasteiger partial charge in [0, 0.05) is 17.3 Å². The topological polar surface area (TPSA) is 70.2 Å². The summed E-state index contributed by atoms with van der Waals surface area (Å²) in [6.45, 7) is 6.92. The Labute approximate surface area is 126 Å². The zero-order chi connectivity index (χ0) is 15.7. The summed E-state index contributed by atoms with van der Waals surface area (Å²) in [5, 5.41) is 8.70. The SMILES string of the molecule is CCCCNCC(=O)Nc1cccc(NC(=O)C(C)C)c1. The van der Waals surface area contributed by atoms with Crippen LogP contribution < -0.4 is 16.0 Å². The van der Waals surface area contributed by atoms with Gasteiger partial charge in [0.25, 0.3) is 0 Å². The van der Waals surface area contributed by atoms with Crippen LogP contribution in [0.4, 0.5) is 11.4 Å². The van der Waals surface area contributed by atoms with Crippen molar-refractivity contribution in [2.24, 2.45) is 5.92 Å². The fourth-order valence-electron chi connectivity index (χ4n) is 1.67. The van der Waals surface area contributed by atoms with Crippen molar-refractivity contribution >= 4 is 23.2 Å². The summed E-state index contributed by atoms with van der Waals surface area (Å²) in [5.41, 5.74) is 1.37. The van der Waals surface area contributed by atoms with Gasteiger partial charge in [0.2, 0.25) is 11.8 Å². The van der Waals surface area contributed by atoms with Crippen LogP contribution in [0.25, 0.3) is 0 Å². The van der Waals surface area contributed by atoms with E-state index in [2.05, 4.69) is 22.9 Å². The molecule has 0 bridgehead atoms. The lowest BCUT2D eigenvalue weighted by molar-refractivity contribution is -0.119. The zero-order valence-corrected chi connectivity index (χ0v) is 13.0. The minimum Gasteiger partial charge on any atom is -0.326 e. The quantitative estimate of drug-likeness (QED) is 0.645. The Morgan fingerprint density at radius 1 is 1.14 bits per heavy atom. The number of nitrogens with one attached hydrogen (secondary N) is 3. The van der Waals surface area contributed by atoms with Crippen molar-refractivity contribution in [1.29, 1.82) is 0 Å². The molecule has 0 spiro atoms. The van der Waals surface area contributed by atoms with E-state index >= 15 is 0 Å². The molecule has 0 saturated carbocycles. The third-order valence-electron chi connectivity index (χ3n) is 2.93. The van der Waals surface area contributed by atoms with Gasteiger partial charge in [-0.05, 0) is 31.2 Å². The maximum absolute atomic E-state index is 11.8. The zero-order valence-electron chi connectivity index (χ0n) is 13.0. The monoisotopic (exact) mass is 291 g/mol. The number of hydrogen-bond acceptors (Lipinski definition) is 3. The Kier molecular flexibility index (Phi) is 7.46. The number of carbonyl (C=O) groups is 2. The van der Waals surface area contributed by atoms with E-state index in [9.17, 15) is 9.59 Å². The molecule has 21 heavy (non-hydrogen) atoms. The molecule has 1 aromatic carbocycles. The van der Waals surface area contributed by atoms with Crippen molar-refractivity contribution in [2.45, 2.75) is 33.6 Å². The highest BCUT2D eigenvalue weighted by Crippen LogP contribution is 2.15. The van der Waals surface area contributed by atoms with Crippen molar-refractivity contribution in [3.05, 3.63) is 24.3 Å². The summed E-state index contributed by atoms with van der Waals surface area (Å²) in [4.78, 5) is 23.4. The number of hydrogen-bond donors (Lipinski definition) is 3. The molecule has 0 heterocycles. The number of benzene rings is 1. The van der Waals surface area contributed by atoms with Crippen molar-refractivity contribution < 1.29 is 9.59 Å². The van der Waals surface area contributed by atoms with Crippen molar-refractivity contribution in [2.75, 3.05) is 23.7 Å². The molecule has 116 valence electrons. The van der Waals surface area contributed by atoms with E-state index in [1.165, 1.54) is 0 Å². The van der Waals surface area contributed by atoms with E-state index in [4.69, 9.17) is 0 Å². The Morgan fingerprint density at radius 3 is 2.43 bits per heavy atom. The summed E-state index contributed by atoms with van der Waals surface area (Å²) >= 11 is 0. The van der Waals surface area contributed by atoms with Crippen LogP contribution in [0.15, 0.2) is 24.3 Å². The molecule has 0 aliphatic rings. The predicted octanol–water partition coefficient (Wildman–Crippen LogP) is 2.61. The van der Waals surface area contributed by atoms with E-state index in [1.807, 2.05) is 13.8 Å². The summed E-state index contributed by atoms with van der Waals surface area (Å²) in [7, 11) is 0. The third kappa shape index (κ3) is 6.90. The van der Waals surface area contributed by atoms with Crippen LogP contribution in [-0.4, -0.2) is 24.9 Å². The summed E-state index contributed by atoms with van der Waals surface area (Å²) in [6, 6.07) is 7.16. The predicted molar refractivity (Wildman–Crippen MR) is 86.3 cm³/mol. The highest BCUT2D eigenvalue weighted by atomic mass is 16.2. The van der Waals surface area contributed by atoms with E-state index in [0.717, 1.165) is 19.4 Å². The summed E-state index contributed by atoms with van der Waals surface area (Å²) < 4.78 is 0. The van der Waals surface area contributed by atoms with Crippen molar-refractivity contribution in [3.63, 3.8) is 0 Å². The number of amides is 2. The van der Waals surface area contributed by atoms with Crippen molar-refractivity contribution in [1.82, 2.24) is 5.32 Å². The average molecular weight is 291 g/mol. The first kappa shape index (κ1) is 17.2. The number of unbranched alkanes of at least 4 members (excludes halogenated alkanes) is 1. The first-order valence-corrected chi connectivity index (χ1v) is 7.44. The second-order valence-electron chi connectivity index (χ2n) is 5.30. The lowest BCUT2D eigenvalue weighted by atomic mass is 10.2. The molecular formula is C16H25N3O2. The largest absolute Gasteiger partial charge is 0.326 e. The Bertz CT molecular complexity index is 472. The first-order valence-electron chi connectivity index (χ1n) is 7.44. The number of rotatable bonds is 8. The van der Waals surface area contributed by atoms with Gasteiger partial charge in [0.1, 0.15) is 0 Å².